The van der Waals surface area contributed by atoms with Crippen molar-refractivity contribution >= 4 is 76.5 Å². The summed E-state index contributed by atoms with van der Waals surface area (Å²) in [7, 11) is 1.27. The van der Waals surface area contributed by atoms with Gasteiger partial charge in [0.1, 0.15) is 78.4 Å². The first-order valence-electron chi connectivity index (χ1n) is 38.0. The predicted molar refractivity (Wildman–Crippen MR) is 400 cm³/mol. The topological polar surface area (TPSA) is 568 Å². The van der Waals surface area contributed by atoms with Crippen LogP contribution in [-0.4, -0.2) is 246 Å². The number of esters is 1. The zero-order chi connectivity index (χ0) is 83.3. The molecular weight excluding hydrogens is 1490 g/mol. The maximum atomic E-state index is 14.1. The highest BCUT2D eigenvalue weighted by molar-refractivity contribution is 6.31. The molecule has 0 spiro atoms. The normalized spacial score (nSPS) is 22.5. The Kier molecular flexibility index (Phi) is 29.7. The molecule has 0 bridgehead atoms. The average molecular weight is 1590 g/mol. The molecule has 0 aromatic heterocycles. The van der Waals surface area contributed by atoms with E-state index in [1.807, 2.05) is 48.5 Å². The van der Waals surface area contributed by atoms with Gasteiger partial charge >= 0.3 is 11.9 Å². The van der Waals surface area contributed by atoms with E-state index >= 15 is 0 Å². The Balaban J connectivity index is 0.000000300. The SMILES string of the molecule is COc1cccc2c1C(=O)c1c(O)c3c(c(O)c1C2=O)C[C@@](O)(C(=O)CO)C[C@@H]3OC1CC(NC(=O)[C@H](CC(C)C)NC(=O)[C@H](CO)NC(=O)[C@H](CCC(N)=O)NC(=O)[C@@H](N)C2CCCCC2)C(O)C(C)O1.C[C@H](NC(=O)[C@@H]1C[C@@H](O)CN1C(=O)CCCC(=O)OCC1c2ccccc2-c2ccccc21)C(=O)N[C@@H](CO)C(=O)O. The fraction of sp³-hybridized carbons (Fsp3) is 0.532. The number of ketones is 3. The van der Waals surface area contributed by atoms with E-state index < -0.39 is 216 Å². The number of aliphatic hydroxyl groups is 6. The van der Waals surface area contributed by atoms with Crippen LogP contribution in [0.3, 0.4) is 0 Å². The summed E-state index contributed by atoms with van der Waals surface area (Å²) >= 11 is 0. The van der Waals surface area contributed by atoms with E-state index in [4.69, 9.17) is 40.6 Å². The Morgan fingerprint density at radius 1 is 0.693 bits per heavy atom. The number of ether oxygens (including phenoxy) is 4. The third-order valence-electron chi connectivity index (χ3n) is 21.6. The minimum absolute atomic E-state index is 0.00180. The highest BCUT2D eigenvalue weighted by Crippen LogP contribution is 2.53. The smallest absolute Gasteiger partial charge is 0.328 e. The second kappa shape index (κ2) is 38.6. The monoisotopic (exact) mass is 1590 g/mol. The molecule has 2 aliphatic heterocycles. The number of carboxylic acids is 1. The van der Waals surface area contributed by atoms with Crippen LogP contribution in [0.2, 0.25) is 0 Å². The standard InChI is InChI=1S/C49H66N6O17.C30H35N3O9/c1-21(2)15-28(54-47(67)29(19-56)55-45(65)26(13-14-33(50)59)52-48(68)39(51)23-9-6-5-7-10-23)46(66)53-27-16-34(71-22(3)40(27)60)72-31-18-49(69,32(58)20-57)17-25-36(31)44(64)38-37(42(25)62)41(61)24-11-8-12-30(70-4)35(24)43(38)63;1-17(28(38)32-24(15-34)30(40)41)31-29(39)25-13-18(35)14-33(25)26(36)11-6-12-27(37)42-16-23-21-9-4-2-7-19(21)20-8-3-5-10-22(20)23/h8,11-12,21-23,26-29,31,34,39-40,56-57,60,62,64,69H,5-7,9-10,13-20,51H2,1-4H3,(H2,50,59)(H,52,68)(H,53,66)(H,54,67)(H,55,65);2-5,7-10,17-18,23-25,34-35H,6,11-16H2,1H3,(H,31,39)(H,32,38)(H,40,41)/t22?,26-,27?,28-,29-,31-,34?,39-,40?,49-;17-,18+,24-,25-/m00/s1. The van der Waals surface area contributed by atoms with Crippen LogP contribution in [-0.2, 0) is 73.4 Å². The molecule has 4 unspecified atom stereocenters. The number of hydrogen-bond acceptors (Lipinski definition) is 26. The fourth-order valence-corrected chi connectivity index (χ4v) is 15.5. The number of fused-ring (bicyclic) bond motifs is 6. The predicted octanol–water partition coefficient (Wildman–Crippen LogP) is -0.635. The van der Waals surface area contributed by atoms with Crippen LogP contribution in [0.5, 0.6) is 17.2 Å². The molecule has 2 heterocycles. The molecule has 4 aromatic carbocycles. The lowest BCUT2D eigenvalue weighted by molar-refractivity contribution is -0.249. The number of nitrogens with zero attached hydrogens (tertiary/aromatic N) is 1. The number of aliphatic hydroxyl groups excluding tert-OH is 5. The maximum absolute atomic E-state index is 14.1. The van der Waals surface area contributed by atoms with Crippen LogP contribution in [0, 0.1) is 11.8 Å². The first kappa shape index (κ1) is 87.6. The van der Waals surface area contributed by atoms with Gasteiger partial charge in [-0.05, 0) is 86.1 Å². The molecule has 4 aliphatic carbocycles. The summed E-state index contributed by atoms with van der Waals surface area (Å²) in [5, 5.41) is 110. The number of carboxylic acid groups (broad SMARTS) is 1. The second-order valence-electron chi connectivity index (χ2n) is 30.1. The number of phenolic OH excluding ortho intramolecular Hbond substituents is 2. The molecule has 19 N–H and O–H groups in total. The molecular formula is C79H101N9O26. The van der Waals surface area contributed by atoms with E-state index in [1.54, 1.807) is 13.8 Å². The highest BCUT2D eigenvalue weighted by atomic mass is 16.7. The van der Waals surface area contributed by atoms with E-state index in [0.717, 1.165) is 54.4 Å². The molecule has 2 saturated heterocycles. The van der Waals surface area contributed by atoms with Gasteiger partial charge in [0.15, 0.2) is 17.9 Å². The third kappa shape index (κ3) is 20.2. The van der Waals surface area contributed by atoms with E-state index in [-0.39, 0.29) is 110 Å². The van der Waals surface area contributed by atoms with E-state index in [2.05, 4.69) is 31.9 Å². The third-order valence-corrected chi connectivity index (χ3v) is 21.6. The molecule has 35 heteroatoms. The van der Waals surface area contributed by atoms with Gasteiger partial charge in [-0.1, -0.05) is 93.8 Å². The van der Waals surface area contributed by atoms with Crippen molar-refractivity contribution in [2.24, 2.45) is 23.3 Å². The first-order valence-corrected chi connectivity index (χ1v) is 38.0. The Labute approximate surface area is 655 Å². The number of nitrogens with two attached hydrogens (primary N) is 2. The number of primary amides is 1. The Bertz CT molecular complexity index is 4260. The fourth-order valence-electron chi connectivity index (χ4n) is 15.5. The summed E-state index contributed by atoms with van der Waals surface area (Å²) < 4.78 is 23.2. The number of aromatic hydroxyl groups is 2. The Hall–Kier alpha value is -10.4. The molecule has 35 nitrogen and oxygen atoms in total. The van der Waals surface area contributed by atoms with E-state index in [1.165, 1.54) is 44.1 Å². The van der Waals surface area contributed by atoms with Crippen molar-refractivity contribution in [2.45, 2.75) is 215 Å². The van der Waals surface area contributed by atoms with Crippen LogP contribution < -0.4 is 48.1 Å². The van der Waals surface area contributed by atoms with E-state index in [0.29, 0.717) is 0 Å². The van der Waals surface area contributed by atoms with Gasteiger partial charge in [-0.2, -0.15) is 0 Å². The van der Waals surface area contributed by atoms with Crippen LogP contribution >= 0.6 is 0 Å². The number of phenols is 2. The average Bonchev–Trinajstić information content (AvgIpc) is 0.758. The summed E-state index contributed by atoms with van der Waals surface area (Å²) in [4.78, 5) is 170. The number of amides is 8. The number of carbonyl (C=O) groups is 13. The van der Waals surface area contributed by atoms with Crippen molar-refractivity contribution in [3.8, 4) is 28.4 Å². The van der Waals surface area contributed by atoms with Crippen molar-refractivity contribution in [3.63, 3.8) is 0 Å². The number of methoxy groups -OCH3 is 1. The number of β-amino-alcohol motifs (C(OH)–C–C–N with tert-alkyl or cyclic N) is 1. The summed E-state index contributed by atoms with van der Waals surface area (Å²) in [6.07, 6.45) is -4.42. The largest absolute Gasteiger partial charge is 0.507 e. The number of carbonyl (C=O) groups excluding carboxylic acids is 12. The quantitative estimate of drug-likeness (QED) is 0.0188. The maximum Gasteiger partial charge on any atom is 0.328 e. The van der Waals surface area contributed by atoms with Crippen LogP contribution in [0.25, 0.3) is 11.1 Å². The van der Waals surface area contributed by atoms with Gasteiger partial charge in [0, 0.05) is 74.1 Å². The Morgan fingerprint density at radius 3 is 1.91 bits per heavy atom. The molecule has 0 radical (unpaired) electrons. The number of nitrogens with one attached hydrogen (secondary N) is 6. The number of likely N-dealkylation sites (tertiary alicyclic amines) is 1. The van der Waals surface area contributed by atoms with E-state index in [9.17, 15) is 98.1 Å². The molecule has 114 heavy (non-hydrogen) atoms. The lowest BCUT2D eigenvalue weighted by atomic mass is 9.72. The lowest BCUT2D eigenvalue weighted by Gasteiger charge is -2.43. The molecule has 1 saturated carbocycles. The number of aliphatic carboxylic acids is 1. The highest BCUT2D eigenvalue weighted by Gasteiger charge is 2.51. The summed E-state index contributed by atoms with van der Waals surface area (Å²) in [6, 6.07) is 9.98. The van der Waals surface area contributed by atoms with Gasteiger partial charge in [-0.25, -0.2) is 4.79 Å². The van der Waals surface area contributed by atoms with Crippen LogP contribution in [0.15, 0.2) is 66.7 Å². The Morgan fingerprint density at radius 2 is 1.30 bits per heavy atom. The molecule has 6 aliphatic rings. The molecule has 3 fully saturated rings. The van der Waals surface area contributed by atoms with Crippen molar-refractivity contribution in [2.75, 3.05) is 40.1 Å². The minimum atomic E-state index is -2.45. The summed E-state index contributed by atoms with van der Waals surface area (Å²) in [6.45, 7) is 3.46. The van der Waals surface area contributed by atoms with Crippen LogP contribution in [0.1, 0.15) is 184 Å². The molecule has 10 rings (SSSR count). The van der Waals surface area contributed by atoms with Crippen LogP contribution in [0.4, 0.5) is 0 Å². The molecule has 618 valence electrons. The van der Waals surface area contributed by atoms with Gasteiger partial charge in [-0.15, -0.1) is 0 Å². The summed E-state index contributed by atoms with van der Waals surface area (Å²) in [5.41, 5.74) is 11.5. The van der Waals surface area contributed by atoms with Gasteiger partial charge in [0.05, 0.1) is 67.4 Å². The summed E-state index contributed by atoms with van der Waals surface area (Å²) in [5.74, 6) is -12.9. The molecule has 4 aromatic rings. The number of rotatable bonds is 32. The first-order chi connectivity index (χ1) is 54.1. The molecule has 8 amide bonds. The zero-order valence-electron chi connectivity index (χ0n) is 63.8. The van der Waals surface area contributed by atoms with Crippen molar-refractivity contribution in [3.05, 3.63) is 111 Å². The minimum Gasteiger partial charge on any atom is -0.507 e. The van der Waals surface area contributed by atoms with Gasteiger partial charge in [-0.3, -0.25) is 57.5 Å². The number of Topliss-reactive ketones (excluding diaryl/α,β-unsaturated/α-hetero) is 1. The van der Waals surface area contributed by atoms with Gasteiger partial charge < -0.3 is 113 Å². The zero-order valence-corrected chi connectivity index (χ0v) is 63.8. The van der Waals surface area contributed by atoms with Crippen molar-refractivity contribution in [1.29, 1.82) is 0 Å². The molecule has 14 atom stereocenters. The van der Waals surface area contributed by atoms with Gasteiger partial charge in [0.2, 0.25) is 53.0 Å². The second-order valence-corrected chi connectivity index (χ2v) is 30.1. The lowest BCUT2D eigenvalue weighted by Crippen LogP contribution is -2.61. The van der Waals surface area contributed by atoms with Crippen molar-refractivity contribution in [1.82, 2.24) is 36.8 Å². The van der Waals surface area contributed by atoms with Gasteiger partial charge in [0.25, 0.3) is 0 Å². The number of hydrogen-bond donors (Lipinski definition) is 17. The van der Waals surface area contributed by atoms with Crippen molar-refractivity contribution < 1.29 is 127 Å². The number of benzene rings is 4.